The molecule has 0 aromatic carbocycles. The minimum atomic E-state index is -1.18. The molecular formula is C6H14O3Si. The van der Waals surface area contributed by atoms with Gasteiger partial charge < -0.3 is 9.53 Å². The molecule has 10 heavy (non-hydrogen) atoms. The van der Waals surface area contributed by atoms with E-state index in [0.29, 0.717) is 6.42 Å². The summed E-state index contributed by atoms with van der Waals surface area (Å²) in [6.07, 6.45) is -0.0211. The van der Waals surface area contributed by atoms with Crippen LogP contribution in [0.2, 0.25) is 13.1 Å². The van der Waals surface area contributed by atoms with E-state index < -0.39 is 21.1 Å². The van der Waals surface area contributed by atoms with Crippen molar-refractivity contribution in [1.82, 2.24) is 0 Å². The summed E-state index contributed by atoms with van der Waals surface area (Å²) >= 11 is 0. The van der Waals surface area contributed by atoms with Gasteiger partial charge in [0.05, 0.1) is 0 Å². The second-order valence-corrected chi connectivity index (χ2v) is 4.79. The predicted molar refractivity (Wildman–Crippen MR) is 41.7 cm³/mol. The van der Waals surface area contributed by atoms with E-state index in [1.165, 1.54) is 0 Å². The van der Waals surface area contributed by atoms with Gasteiger partial charge in [-0.25, -0.2) is 4.79 Å². The molecule has 0 aliphatic rings. The van der Waals surface area contributed by atoms with Crippen LogP contribution in [0.25, 0.3) is 0 Å². The highest BCUT2D eigenvalue weighted by atomic mass is 28.3. The molecule has 0 bridgehead atoms. The lowest BCUT2D eigenvalue weighted by atomic mass is 10.3. The van der Waals surface area contributed by atoms with Crippen LogP contribution in [-0.4, -0.2) is 26.2 Å². The molecule has 0 fully saturated rings. The van der Waals surface area contributed by atoms with Crippen molar-refractivity contribution in [2.24, 2.45) is 0 Å². The van der Waals surface area contributed by atoms with Gasteiger partial charge in [-0.1, -0.05) is 6.92 Å². The van der Waals surface area contributed by atoms with Crippen LogP contribution >= 0.6 is 0 Å². The summed E-state index contributed by atoms with van der Waals surface area (Å²) < 4.78 is 5.20. The standard InChI is InChI=1S/C6H14O3Si/c1-4-5(6(7)8)9-10(2)3/h5,10H,4H2,1-3H3,(H,7,8). The fraction of sp³-hybridized carbons (Fsp3) is 0.833. The molecule has 0 radical (unpaired) electrons. The van der Waals surface area contributed by atoms with Crippen LogP contribution in [0, 0.1) is 0 Å². The highest BCUT2D eigenvalue weighted by Gasteiger charge is 2.16. The molecule has 1 N–H and O–H groups in total. The van der Waals surface area contributed by atoms with Crippen molar-refractivity contribution in [3.05, 3.63) is 0 Å². The first kappa shape index (κ1) is 9.65. The van der Waals surface area contributed by atoms with E-state index in [2.05, 4.69) is 0 Å². The van der Waals surface area contributed by atoms with Crippen LogP contribution in [0.1, 0.15) is 13.3 Å². The van der Waals surface area contributed by atoms with E-state index in [0.717, 1.165) is 0 Å². The summed E-state index contributed by atoms with van der Waals surface area (Å²) in [7, 11) is -1.18. The summed E-state index contributed by atoms with van der Waals surface area (Å²) in [5.74, 6) is -0.844. The molecule has 0 heterocycles. The fourth-order valence-electron chi connectivity index (χ4n) is 0.658. The van der Waals surface area contributed by atoms with Crippen LogP contribution in [0.5, 0.6) is 0 Å². The number of hydrogen-bond acceptors (Lipinski definition) is 2. The Morgan fingerprint density at radius 2 is 2.20 bits per heavy atom. The first-order valence-electron chi connectivity index (χ1n) is 3.46. The highest BCUT2D eigenvalue weighted by Crippen LogP contribution is 1.99. The van der Waals surface area contributed by atoms with E-state index in [-0.39, 0.29) is 0 Å². The van der Waals surface area contributed by atoms with Gasteiger partial charge in [-0.3, -0.25) is 0 Å². The van der Waals surface area contributed by atoms with Gasteiger partial charge >= 0.3 is 5.97 Å². The number of rotatable bonds is 4. The van der Waals surface area contributed by atoms with Crippen molar-refractivity contribution in [2.45, 2.75) is 32.5 Å². The number of hydrogen-bond donors (Lipinski definition) is 1. The van der Waals surface area contributed by atoms with E-state index in [1.807, 2.05) is 20.0 Å². The SMILES string of the molecule is CCC(O[SiH](C)C)C(=O)O. The van der Waals surface area contributed by atoms with Gasteiger partial charge in [0.2, 0.25) is 0 Å². The molecule has 0 aliphatic heterocycles. The Balaban J connectivity index is 3.72. The largest absolute Gasteiger partial charge is 0.479 e. The highest BCUT2D eigenvalue weighted by molar-refractivity contribution is 6.48. The molecule has 0 aromatic rings. The minimum Gasteiger partial charge on any atom is -0.479 e. The van der Waals surface area contributed by atoms with Crippen molar-refractivity contribution in [3.63, 3.8) is 0 Å². The zero-order valence-electron chi connectivity index (χ0n) is 6.63. The lowest BCUT2D eigenvalue weighted by Crippen LogP contribution is -2.27. The Hall–Kier alpha value is -0.353. The molecular weight excluding hydrogens is 148 g/mol. The van der Waals surface area contributed by atoms with Crippen LogP contribution < -0.4 is 0 Å². The molecule has 0 rings (SSSR count). The van der Waals surface area contributed by atoms with Crippen molar-refractivity contribution in [1.29, 1.82) is 0 Å². The molecule has 0 aliphatic carbocycles. The number of aliphatic carboxylic acids is 1. The number of carbonyl (C=O) groups is 1. The minimum absolute atomic E-state index is 0.556. The van der Waals surface area contributed by atoms with Crippen LogP contribution in [0.4, 0.5) is 0 Å². The lowest BCUT2D eigenvalue weighted by molar-refractivity contribution is -0.145. The van der Waals surface area contributed by atoms with E-state index in [9.17, 15) is 4.79 Å². The normalized spacial score (nSPS) is 13.6. The average Bonchev–Trinajstić information content (AvgIpc) is 1.81. The Morgan fingerprint density at radius 3 is 2.30 bits per heavy atom. The monoisotopic (exact) mass is 162 g/mol. The van der Waals surface area contributed by atoms with E-state index in [1.54, 1.807) is 0 Å². The molecule has 3 nitrogen and oxygen atoms in total. The first-order valence-corrected chi connectivity index (χ1v) is 6.24. The van der Waals surface area contributed by atoms with E-state index in [4.69, 9.17) is 9.53 Å². The molecule has 1 unspecified atom stereocenters. The third-order valence-electron chi connectivity index (χ3n) is 1.08. The van der Waals surface area contributed by atoms with Crippen molar-refractivity contribution in [2.75, 3.05) is 0 Å². The second kappa shape index (κ2) is 4.46. The molecule has 0 saturated carbocycles. The maximum Gasteiger partial charge on any atom is 0.331 e. The molecule has 4 heteroatoms. The molecule has 1 atom stereocenters. The topological polar surface area (TPSA) is 46.5 Å². The number of carboxylic acid groups (broad SMARTS) is 1. The molecule has 0 spiro atoms. The summed E-state index contributed by atoms with van der Waals surface area (Å²) in [5, 5.41) is 8.52. The zero-order chi connectivity index (χ0) is 8.15. The predicted octanol–water partition coefficient (Wildman–Crippen LogP) is 0.850. The Morgan fingerprint density at radius 1 is 1.70 bits per heavy atom. The molecule has 0 saturated heterocycles. The molecule has 0 amide bonds. The summed E-state index contributed by atoms with van der Waals surface area (Å²) in [6.45, 7) is 5.74. The Kier molecular flexibility index (Phi) is 4.30. The summed E-state index contributed by atoms with van der Waals surface area (Å²) in [4.78, 5) is 10.4. The van der Waals surface area contributed by atoms with Crippen LogP contribution in [0.3, 0.4) is 0 Å². The van der Waals surface area contributed by atoms with E-state index >= 15 is 0 Å². The Bertz CT molecular complexity index is 114. The average molecular weight is 162 g/mol. The van der Waals surface area contributed by atoms with Crippen molar-refractivity contribution in [3.8, 4) is 0 Å². The molecule has 60 valence electrons. The maximum absolute atomic E-state index is 10.4. The third kappa shape index (κ3) is 3.63. The fourth-order valence-corrected chi connectivity index (χ4v) is 1.62. The van der Waals surface area contributed by atoms with Gasteiger partial charge in [-0.05, 0) is 19.5 Å². The van der Waals surface area contributed by atoms with Crippen LogP contribution in [0.15, 0.2) is 0 Å². The quantitative estimate of drug-likeness (QED) is 0.623. The second-order valence-electron chi connectivity index (χ2n) is 2.42. The van der Waals surface area contributed by atoms with Gasteiger partial charge in [0.15, 0.2) is 9.04 Å². The maximum atomic E-state index is 10.4. The molecule has 0 aromatic heterocycles. The zero-order valence-corrected chi connectivity index (χ0v) is 7.78. The Labute approximate surface area is 62.7 Å². The summed E-state index contributed by atoms with van der Waals surface area (Å²) in [6, 6.07) is 0. The lowest BCUT2D eigenvalue weighted by Gasteiger charge is -2.13. The van der Waals surface area contributed by atoms with Gasteiger partial charge in [0.25, 0.3) is 0 Å². The first-order chi connectivity index (χ1) is 4.57. The third-order valence-corrected chi connectivity index (χ3v) is 1.96. The van der Waals surface area contributed by atoms with Crippen LogP contribution in [-0.2, 0) is 9.22 Å². The van der Waals surface area contributed by atoms with Gasteiger partial charge in [0.1, 0.15) is 6.10 Å². The van der Waals surface area contributed by atoms with Crippen molar-refractivity contribution < 1.29 is 14.3 Å². The number of carboxylic acids is 1. The van der Waals surface area contributed by atoms with Gasteiger partial charge in [-0.2, -0.15) is 0 Å². The van der Waals surface area contributed by atoms with Gasteiger partial charge in [-0.15, -0.1) is 0 Å². The van der Waals surface area contributed by atoms with Crippen molar-refractivity contribution >= 4 is 15.0 Å². The summed E-state index contributed by atoms with van der Waals surface area (Å²) in [5.41, 5.74) is 0. The van der Waals surface area contributed by atoms with Gasteiger partial charge in [0, 0.05) is 0 Å². The smallest absolute Gasteiger partial charge is 0.331 e.